The van der Waals surface area contributed by atoms with E-state index in [0.29, 0.717) is 21.6 Å². The predicted molar refractivity (Wildman–Crippen MR) is 126 cm³/mol. The molecule has 3 aromatic rings. The Balaban J connectivity index is 1.93. The summed E-state index contributed by atoms with van der Waals surface area (Å²) in [5.74, 6) is -0.979. The maximum atomic E-state index is 13.6. The molecule has 174 valence electrons. The molecule has 0 radical (unpaired) electrons. The highest BCUT2D eigenvalue weighted by atomic mass is 32.2. The van der Waals surface area contributed by atoms with Crippen LogP contribution in [0, 0.1) is 28.5 Å². The quantitative estimate of drug-likeness (QED) is 0.419. The Hall–Kier alpha value is -3.64. The summed E-state index contributed by atoms with van der Waals surface area (Å²) < 4.78 is 42.9. The third kappa shape index (κ3) is 5.46. The van der Waals surface area contributed by atoms with Gasteiger partial charge in [-0.05, 0) is 42.5 Å². The van der Waals surface area contributed by atoms with Gasteiger partial charge in [0.2, 0.25) is 10.0 Å². The summed E-state index contributed by atoms with van der Waals surface area (Å²) in [5.41, 5.74) is 0.891. The topological polar surface area (TPSA) is 119 Å². The standard InChI is InChI=1S/C23H20FN5O3S2/c1-2-13-29-20-10-7-18(24)16-21(20)33-23(29)27-22(30)17-5-8-19(9-6-17)34(31,32)28(14-3-11-25)15-4-12-26/h2,5-10,16H,1,3-4,13-15H2. The minimum Gasteiger partial charge on any atom is -0.312 e. The predicted octanol–water partition coefficient (Wildman–Crippen LogP) is 3.59. The van der Waals surface area contributed by atoms with Gasteiger partial charge in [-0.25, -0.2) is 12.8 Å². The van der Waals surface area contributed by atoms with E-state index in [4.69, 9.17) is 10.5 Å². The molecule has 34 heavy (non-hydrogen) atoms. The van der Waals surface area contributed by atoms with Crippen molar-refractivity contribution in [1.82, 2.24) is 8.87 Å². The van der Waals surface area contributed by atoms with Gasteiger partial charge >= 0.3 is 0 Å². The molecule has 0 spiro atoms. The van der Waals surface area contributed by atoms with Gasteiger partial charge in [0.05, 0.1) is 27.3 Å². The highest BCUT2D eigenvalue weighted by Crippen LogP contribution is 2.20. The van der Waals surface area contributed by atoms with Crippen LogP contribution in [0.5, 0.6) is 0 Å². The first-order valence-corrected chi connectivity index (χ1v) is 12.4. The Morgan fingerprint density at radius 2 is 1.79 bits per heavy atom. The fourth-order valence-corrected chi connectivity index (χ4v) is 5.71. The van der Waals surface area contributed by atoms with Crippen LogP contribution in [0.25, 0.3) is 10.2 Å². The van der Waals surface area contributed by atoms with E-state index in [0.717, 1.165) is 15.6 Å². The second kappa shape index (κ2) is 11.0. The van der Waals surface area contributed by atoms with Crippen molar-refractivity contribution in [2.75, 3.05) is 13.1 Å². The van der Waals surface area contributed by atoms with Gasteiger partial charge < -0.3 is 4.57 Å². The molecular weight excluding hydrogens is 477 g/mol. The maximum absolute atomic E-state index is 13.6. The molecule has 0 saturated heterocycles. The normalized spacial score (nSPS) is 11.9. The Labute approximate surface area is 200 Å². The monoisotopic (exact) mass is 497 g/mol. The number of fused-ring (bicyclic) bond motifs is 1. The molecule has 8 nitrogen and oxygen atoms in total. The van der Waals surface area contributed by atoms with Crippen molar-refractivity contribution in [2.45, 2.75) is 24.3 Å². The Kier molecular flexibility index (Phi) is 8.08. The van der Waals surface area contributed by atoms with Crippen molar-refractivity contribution < 1.29 is 17.6 Å². The van der Waals surface area contributed by atoms with E-state index in [1.54, 1.807) is 16.7 Å². The molecule has 3 rings (SSSR count). The van der Waals surface area contributed by atoms with Gasteiger partial charge in [0.25, 0.3) is 5.91 Å². The van der Waals surface area contributed by atoms with Gasteiger partial charge in [-0.1, -0.05) is 17.4 Å². The van der Waals surface area contributed by atoms with Crippen LogP contribution in [-0.2, 0) is 16.6 Å². The first kappa shape index (κ1) is 25.0. The number of benzene rings is 2. The Morgan fingerprint density at radius 1 is 1.15 bits per heavy atom. The number of rotatable bonds is 9. The van der Waals surface area contributed by atoms with Crippen molar-refractivity contribution in [3.63, 3.8) is 0 Å². The van der Waals surface area contributed by atoms with E-state index in [-0.39, 0.29) is 36.4 Å². The lowest BCUT2D eigenvalue weighted by atomic mass is 10.2. The summed E-state index contributed by atoms with van der Waals surface area (Å²) in [7, 11) is -3.94. The van der Waals surface area contributed by atoms with E-state index in [2.05, 4.69) is 11.6 Å². The van der Waals surface area contributed by atoms with E-state index in [1.807, 2.05) is 12.1 Å². The number of halogens is 1. The molecule has 0 N–H and O–H groups in total. The molecule has 2 aromatic carbocycles. The lowest BCUT2D eigenvalue weighted by Gasteiger charge is -2.20. The molecule has 1 amide bonds. The number of aromatic nitrogens is 1. The van der Waals surface area contributed by atoms with Crippen molar-refractivity contribution in [3.05, 3.63) is 71.3 Å². The molecule has 0 aliphatic heterocycles. The van der Waals surface area contributed by atoms with Gasteiger partial charge in [-0.3, -0.25) is 4.79 Å². The van der Waals surface area contributed by atoms with Crippen molar-refractivity contribution in [3.8, 4) is 12.1 Å². The van der Waals surface area contributed by atoms with Crippen molar-refractivity contribution in [2.24, 2.45) is 4.99 Å². The number of nitriles is 2. The fourth-order valence-electron chi connectivity index (χ4n) is 3.21. The highest BCUT2D eigenvalue weighted by Gasteiger charge is 2.24. The largest absolute Gasteiger partial charge is 0.312 e. The lowest BCUT2D eigenvalue weighted by Crippen LogP contribution is -2.32. The van der Waals surface area contributed by atoms with Crippen molar-refractivity contribution in [1.29, 1.82) is 10.5 Å². The molecule has 1 aromatic heterocycles. The van der Waals surface area contributed by atoms with Crippen molar-refractivity contribution >= 4 is 37.5 Å². The summed E-state index contributed by atoms with van der Waals surface area (Å²) in [6.07, 6.45) is 1.62. The first-order chi connectivity index (χ1) is 16.3. The summed E-state index contributed by atoms with van der Waals surface area (Å²) in [6.45, 7) is 4.01. The minimum atomic E-state index is -3.94. The van der Waals surface area contributed by atoms with Crippen LogP contribution in [0.3, 0.4) is 0 Å². The molecule has 0 bridgehead atoms. The molecule has 0 aliphatic carbocycles. The number of hydrogen-bond donors (Lipinski definition) is 0. The smallest absolute Gasteiger partial charge is 0.279 e. The Morgan fingerprint density at radius 3 is 2.38 bits per heavy atom. The average molecular weight is 498 g/mol. The SMILES string of the molecule is C=CCn1c(=NC(=O)c2ccc(S(=O)(=O)N(CCC#N)CCC#N)cc2)sc2cc(F)ccc21. The molecule has 0 unspecified atom stereocenters. The van der Waals surface area contributed by atoms with Crippen LogP contribution in [0.15, 0.2) is 65.0 Å². The molecule has 0 aliphatic rings. The molecule has 1 heterocycles. The second-order valence-corrected chi connectivity index (χ2v) is 10.0. The fraction of sp³-hybridized carbons (Fsp3) is 0.217. The van der Waals surface area contributed by atoms with Crippen LogP contribution < -0.4 is 4.80 Å². The number of carbonyl (C=O) groups is 1. The lowest BCUT2D eigenvalue weighted by molar-refractivity contribution is 0.0997. The van der Waals surface area contributed by atoms with E-state index >= 15 is 0 Å². The van der Waals surface area contributed by atoms with E-state index in [9.17, 15) is 17.6 Å². The van der Waals surface area contributed by atoms with Crippen LogP contribution in [0.2, 0.25) is 0 Å². The maximum Gasteiger partial charge on any atom is 0.279 e. The van der Waals surface area contributed by atoms with Crippen LogP contribution >= 0.6 is 11.3 Å². The number of carbonyl (C=O) groups excluding carboxylic acids is 1. The van der Waals surface area contributed by atoms with Gasteiger partial charge in [0.1, 0.15) is 5.82 Å². The summed E-state index contributed by atoms with van der Waals surface area (Å²) in [4.78, 5) is 17.3. The van der Waals surface area contributed by atoms with Gasteiger partial charge in [-0.15, -0.1) is 6.58 Å². The van der Waals surface area contributed by atoms with Crippen LogP contribution in [-0.4, -0.2) is 36.3 Å². The summed E-state index contributed by atoms with van der Waals surface area (Å²) >= 11 is 1.16. The molecule has 0 fully saturated rings. The first-order valence-electron chi connectivity index (χ1n) is 10.1. The van der Waals surface area contributed by atoms with E-state index in [1.165, 1.54) is 36.4 Å². The second-order valence-electron chi connectivity index (χ2n) is 7.06. The number of nitrogens with zero attached hydrogens (tertiary/aromatic N) is 5. The molecule has 0 saturated carbocycles. The van der Waals surface area contributed by atoms with E-state index < -0.39 is 21.7 Å². The summed E-state index contributed by atoms with van der Waals surface area (Å²) in [5, 5.41) is 17.6. The Bertz CT molecular complexity index is 1460. The average Bonchev–Trinajstić information content (AvgIpc) is 3.15. The van der Waals surface area contributed by atoms with Gasteiger partial charge in [0, 0.05) is 38.0 Å². The summed E-state index contributed by atoms with van der Waals surface area (Å²) in [6, 6.07) is 13.4. The number of thiazole rings is 1. The third-order valence-corrected chi connectivity index (χ3v) is 7.79. The van der Waals surface area contributed by atoms with Gasteiger partial charge in [-0.2, -0.15) is 19.8 Å². The van der Waals surface area contributed by atoms with Crippen LogP contribution in [0.1, 0.15) is 23.2 Å². The molecule has 0 atom stereocenters. The highest BCUT2D eigenvalue weighted by molar-refractivity contribution is 7.89. The molecular formula is C23H20FN5O3S2. The third-order valence-electron chi connectivity index (χ3n) is 4.84. The number of amides is 1. The van der Waals surface area contributed by atoms with Gasteiger partial charge in [0.15, 0.2) is 4.80 Å². The zero-order valence-electron chi connectivity index (χ0n) is 18.0. The molecule has 11 heteroatoms. The number of allylic oxidation sites excluding steroid dienone is 1. The zero-order chi connectivity index (χ0) is 24.7. The number of sulfonamides is 1. The van der Waals surface area contributed by atoms with Crippen LogP contribution in [0.4, 0.5) is 4.39 Å². The minimum absolute atomic E-state index is 0.0100. The number of hydrogen-bond acceptors (Lipinski definition) is 6. The zero-order valence-corrected chi connectivity index (χ0v) is 19.6.